The van der Waals surface area contributed by atoms with Gasteiger partial charge in [0.2, 0.25) is 0 Å². The summed E-state index contributed by atoms with van der Waals surface area (Å²) in [5.74, 6) is 0. The number of aromatic amines is 2. The van der Waals surface area contributed by atoms with Gasteiger partial charge in [-0.05, 0) is 4.99 Å². The minimum atomic E-state index is -1.30. The Bertz CT molecular complexity index is 624. The number of rotatable bonds is 3. The number of aromatic nitrogens is 2. The van der Waals surface area contributed by atoms with Crippen molar-refractivity contribution in [3.05, 3.63) is 37.6 Å². The maximum absolute atomic E-state index is 11.8. The molecule has 2 rings (SSSR count). The summed E-state index contributed by atoms with van der Waals surface area (Å²) in [6.45, 7) is -0.466. The summed E-state index contributed by atoms with van der Waals surface area (Å²) in [5.41, 5.74) is -0.993. The van der Waals surface area contributed by atoms with E-state index in [4.69, 9.17) is 9.84 Å². The van der Waals surface area contributed by atoms with Gasteiger partial charge in [-0.15, -0.1) is 0 Å². The van der Waals surface area contributed by atoms with Gasteiger partial charge in [0.1, 0.15) is 24.4 Å². The zero-order chi connectivity index (χ0) is 14.9. The second kappa shape index (κ2) is 6.02. The zero-order valence-corrected chi connectivity index (χ0v) is 11.7. The van der Waals surface area contributed by atoms with Crippen molar-refractivity contribution in [1.29, 1.82) is 0 Å². The third-order valence-electron chi connectivity index (χ3n) is 3.10. The second-order valence-corrected chi connectivity index (χ2v) is 4.77. The van der Waals surface area contributed by atoms with Crippen molar-refractivity contribution in [2.24, 2.45) is 0 Å². The molecule has 0 bridgehead atoms. The summed E-state index contributed by atoms with van der Waals surface area (Å²) in [7, 11) is 0. The van der Waals surface area contributed by atoms with Gasteiger partial charge in [-0.25, -0.2) is 4.79 Å². The zero-order valence-electron chi connectivity index (χ0n) is 10.1. The van der Waals surface area contributed by atoms with Crippen molar-refractivity contribution in [2.75, 3.05) is 6.61 Å². The average Bonchev–Trinajstić information content (AvgIpc) is 2.70. The largest absolute Gasteiger partial charge is 0.394 e. The van der Waals surface area contributed by atoms with Crippen molar-refractivity contribution >= 4 is 21.5 Å². The molecule has 0 radical (unpaired) electrons. The Morgan fingerprint density at radius 1 is 1.40 bits per heavy atom. The van der Waals surface area contributed by atoms with Crippen LogP contribution in [0.4, 0.5) is 0 Å². The molecule has 2 heterocycles. The molecular weight excluding hydrogens is 336 g/mol. The van der Waals surface area contributed by atoms with Crippen LogP contribution in [0.5, 0.6) is 0 Å². The summed E-state index contributed by atoms with van der Waals surface area (Å²) in [4.78, 5) is 28.5. The highest BCUT2D eigenvalue weighted by Crippen LogP contribution is 2.31. The normalized spacial score (nSPS) is 30.7. The van der Waals surface area contributed by atoms with Crippen molar-refractivity contribution in [2.45, 2.75) is 24.4 Å². The van der Waals surface area contributed by atoms with Gasteiger partial charge in [0, 0.05) is 11.8 Å². The van der Waals surface area contributed by atoms with Crippen LogP contribution in [-0.4, -0.2) is 56.3 Å². The first-order chi connectivity index (χ1) is 9.49. The van der Waals surface area contributed by atoms with Crippen molar-refractivity contribution in [3.8, 4) is 0 Å². The molecule has 0 amide bonds. The molecule has 110 valence electrons. The Labute approximate surface area is 120 Å². The van der Waals surface area contributed by atoms with E-state index in [2.05, 4.69) is 25.9 Å². The fraction of sp³-hybridized carbons (Fsp3) is 0.455. The predicted molar refractivity (Wildman–Crippen MR) is 72.3 cm³/mol. The number of nitrogens with one attached hydrogen (secondary N) is 2. The molecule has 0 aliphatic carbocycles. The molecule has 5 N–H and O–H groups in total. The number of aliphatic hydroxyl groups is 3. The maximum atomic E-state index is 11.8. The van der Waals surface area contributed by atoms with E-state index >= 15 is 0 Å². The third kappa shape index (κ3) is 2.63. The molecule has 20 heavy (non-hydrogen) atoms. The first-order valence-corrected chi connectivity index (χ1v) is 6.66. The van der Waals surface area contributed by atoms with E-state index in [0.717, 1.165) is 0 Å². The molecule has 1 saturated heterocycles. The Hall–Kier alpha value is -1.26. The molecule has 0 saturated carbocycles. The van der Waals surface area contributed by atoms with Gasteiger partial charge in [-0.2, -0.15) is 0 Å². The van der Waals surface area contributed by atoms with E-state index in [1.807, 2.05) is 0 Å². The van der Waals surface area contributed by atoms with Gasteiger partial charge >= 0.3 is 5.69 Å². The van der Waals surface area contributed by atoms with E-state index in [-0.39, 0.29) is 11.1 Å². The van der Waals surface area contributed by atoms with Crippen LogP contribution >= 0.6 is 15.9 Å². The second-order valence-electron chi connectivity index (χ2n) is 4.31. The van der Waals surface area contributed by atoms with E-state index in [9.17, 15) is 19.8 Å². The summed E-state index contributed by atoms with van der Waals surface area (Å²) < 4.78 is 5.33. The fourth-order valence-electron chi connectivity index (χ4n) is 2.05. The van der Waals surface area contributed by atoms with Crippen LogP contribution in [0, 0.1) is 0 Å². The van der Waals surface area contributed by atoms with Gasteiger partial charge in [0.15, 0.2) is 0 Å². The van der Waals surface area contributed by atoms with E-state index in [0.29, 0.717) is 0 Å². The SMILES string of the molecule is O=c1[nH]cc(C(=CBr)[C@@H]2O[C@H](CO)[C@@H](O)[C@@H]2O)c(=O)[nH]1. The Balaban J connectivity index is 2.39. The Kier molecular flexibility index (Phi) is 4.55. The molecule has 8 nitrogen and oxygen atoms in total. The highest BCUT2D eigenvalue weighted by Gasteiger charge is 2.44. The quantitative estimate of drug-likeness (QED) is 0.441. The average molecular weight is 349 g/mol. The lowest BCUT2D eigenvalue weighted by Gasteiger charge is -2.17. The monoisotopic (exact) mass is 348 g/mol. The smallest absolute Gasteiger partial charge is 0.325 e. The molecular formula is C11H13BrN2O6. The topological polar surface area (TPSA) is 136 Å². The van der Waals surface area contributed by atoms with Crippen LogP contribution in [0.25, 0.3) is 5.57 Å². The number of hydrogen-bond donors (Lipinski definition) is 5. The fourth-order valence-corrected chi connectivity index (χ4v) is 2.56. The van der Waals surface area contributed by atoms with Crippen molar-refractivity contribution in [1.82, 2.24) is 9.97 Å². The first kappa shape index (κ1) is 15.1. The molecule has 0 unspecified atom stereocenters. The summed E-state index contributed by atoms with van der Waals surface area (Å²) in [6.07, 6.45) is -3.34. The van der Waals surface area contributed by atoms with Gasteiger partial charge in [-0.1, -0.05) is 15.9 Å². The number of hydrogen-bond acceptors (Lipinski definition) is 6. The van der Waals surface area contributed by atoms with Gasteiger partial charge < -0.3 is 25.0 Å². The van der Waals surface area contributed by atoms with Crippen LogP contribution in [-0.2, 0) is 4.74 Å². The van der Waals surface area contributed by atoms with Gasteiger partial charge in [0.25, 0.3) is 5.56 Å². The van der Waals surface area contributed by atoms with Crippen LogP contribution in [0.2, 0.25) is 0 Å². The van der Waals surface area contributed by atoms with Crippen LogP contribution in [0.1, 0.15) is 5.56 Å². The summed E-state index contributed by atoms with van der Waals surface area (Å²) >= 11 is 3.06. The van der Waals surface area contributed by atoms with Crippen LogP contribution < -0.4 is 11.2 Å². The van der Waals surface area contributed by atoms with Gasteiger partial charge in [0.05, 0.1) is 12.2 Å². The minimum absolute atomic E-state index is 0.0799. The molecule has 1 aliphatic rings. The number of halogens is 1. The molecule has 9 heteroatoms. The van der Waals surface area contributed by atoms with Crippen molar-refractivity contribution < 1.29 is 20.1 Å². The minimum Gasteiger partial charge on any atom is -0.394 e. The summed E-state index contributed by atoms with van der Waals surface area (Å²) in [6, 6.07) is 0. The Morgan fingerprint density at radius 3 is 2.60 bits per heavy atom. The maximum Gasteiger partial charge on any atom is 0.325 e. The molecule has 1 fully saturated rings. The van der Waals surface area contributed by atoms with Crippen LogP contribution in [0.3, 0.4) is 0 Å². The number of H-pyrrole nitrogens is 2. The lowest BCUT2D eigenvalue weighted by molar-refractivity contribution is -0.0110. The summed E-state index contributed by atoms with van der Waals surface area (Å²) in [5, 5.41) is 28.7. The molecule has 0 aromatic carbocycles. The van der Waals surface area contributed by atoms with E-state index in [1.54, 1.807) is 0 Å². The van der Waals surface area contributed by atoms with E-state index in [1.165, 1.54) is 11.2 Å². The molecule has 0 spiro atoms. The third-order valence-corrected chi connectivity index (χ3v) is 3.59. The molecule has 4 atom stereocenters. The standard InChI is InChI=1S/C11H13BrN2O6/c12-1-4(5-2-13-11(19)14-10(5)18)9-8(17)7(16)6(3-15)20-9/h1-2,6-9,15-17H,3H2,(H2,13,14,18,19)/t6-,7-,8+,9+/m1/s1. The van der Waals surface area contributed by atoms with E-state index < -0.39 is 42.3 Å². The van der Waals surface area contributed by atoms with Gasteiger partial charge in [-0.3, -0.25) is 9.78 Å². The number of ether oxygens (including phenoxy) is 1. The Morgan fingerprint density at radius 2 is 2.10 bits per heavy atom. The highest BCUT2D eigenvalue weighted by molar-refractivity contribution is 9.11. The van der Waals surface area contributed by atoms with Crippen LogP contribution in [0.15, 0.2) is 20.8 Å². The lowest BCUT2D eigenvalue weighted by Crippen LogP contribution is -2.35. The molecule has 1 aliphatic heterocycles. The first-order valence-electron chi connectivity index (χ1n) is 5.74. The number of aliphatic hydroxyl groups excluding tert-OH is 3. The highest BCUT2D eigenvalue weighted by atomic mass is 79.9. The molecule has 1 aromatic rings. The molecule has 1 aromatic heterocycles. The predicted octanol–water partition coefficient (Wildman–Crippen LogP) is -1.72. The lowest BCUT2D eigenvalue weighted by atomic mass is 9.99. The van der Waals surface area contributed by atoms with Crippen molar-refractivity contribution in [3.63, 3.8) is 0 Å².